The molecule has 0 radical (unpaired) electrons. The van der Waals surface area contributed by atoms with Crippen molar-refractivity contribution in [2.24, 2.45) is 5.92 Å². The van der Waals surface area contributed by atoms with Crippen LogP contribution in [0.2, 0.25) is 0 Å². The molecule has 0 aromatic carbocycles. The molecule has 17 heavy (non-hydrogen) atoms. The lowest BCUT2D eigenvalue weighted by atomic mass is 10.0. The highest BCUT2D eigenvalue weighted by atomic mass is 16.5. The number of nitrogens with one attached hydrogen (secondary N) is 1. The molecule has 5 heteroatoms. The third-order valence-corrected chi connectivity index (χ3v) is 2.78. The Balaban J connectivity index is 1.89. The van der Waals surface area contributed by atoms with Gasteiger partial charge in [0.15, 0.2) is 0 Å². The standard InChI is InChI=1S/C12H18N4O/c1-10(2)12(9-16-7-3-5-14-16)13-8-11-4-6-15-17-11/h3-7,10,12-13H,8-9H2,1-2H3. The van der Waals surface area contributed by atoms with Gasteiger partial charge in [0.1, 0.15) is 5.76 Å². The maximum absolute atomic E-state index is 5.06. The minimum Gasteiger partial charge on any atom is -0.360 e. The summed E-state index contributed by atoms with van der Waals surface area (Å²) < 4.78 is 7.01. The Kier molecular flexibility index (Phi) is 3.93. The second kappa shape index (κ2) is 5.63. The Morgan fingerprint density at radius 2 is 2.29 bits per heavy atom. The molecule has 0 spiro atoms. The van der Waals surface area contributed by atoms with Gasteiger partial charge in [0.2, 0.25) is 0 Å². The van der Waals surface area contributed by atoms with Crippen LogP contribution in [-0.2, 0) is 13.1 Å². The van der Waals surface area contributed by atoms with E-state index in [2.05, 4.69) is 29.4 Å². The average molecular weight is 234 g/mol. The molecule has 1 atom stereocenters. The van der Waals surface area contributed by atoms with Crippen molar-refractivity contribution < 1.29 is 4.52 Å². The summed E-state index contributed by atoms with van der Waals surface area (Å²) in [5, 5.41) is 11.4. The molecule has 2 heterocycles. The summed E-state index contributed by atoms with van der Waals surface area (Å²) in [7, 11) is 0. The highest BCUT2D eigenvalue weighted by molar-refractivity contribution is 4.93. The van der Waals surface area contributed by atoms with E-state index in [1.54, 1.807) is 12.4 Å². The van der Waals surface area contributed by atoms with E-state index in [0.717, 1.165) is 12.3 Å². The second-order valence-electron chi connectivity index (χ2n) is 4.44. The van der Waals surface area contributed by atoms with E-state index >= 15 is 0 Å². The Hall–Kier alpha value is -1.62. The fourth-order valence-electron chi connectivity index (χ4n) is 1.69. The highest BCUT2D eigenvalue weighted by Crippen LogP contribution is 2.06. The van der Waals surface area contributed by atoms with Gasteiger partial charge in [-0.2, -0.15) is 5.10 Å². The van der Waals surface area contributed by atoms with Crippen LogP contribution in [0.1, 0.15) is 19.6 Å². The molecule has 0 aliphatic carbocycles. The van der Waals surface area contributed by atoms with E-state index in [1.807, 2.05) is 23.0 Å². The lowest BCUT2D eigenvalue weighted by Crippen LogP contribution is -2.37. The molecular formula is C12H18N4O. The first kappa shape index (κ1) is 11.9. The molecule has 1 unspecified atom stereocenters. The molecule has 0 amide bonds. The van der Waals surface area contributed by atoms with E-state index < -0.39 is 0 Å². The topological polar surface area (TPSA) is 55.9 Å². The summed E-state index contributed by atoms with van der Waals surface area (Å²) in [6, 6.07) is 4.17. The van der Waals surface area contributed by atoms with Crippen LogP contribution in [0, 0.1) is 5.92 Å². The molecule has 0 aliphatic heterocycles. The van der Waals surface area contributed by atoms with Crippen molar-refractivity contribution in [3.05, 3.63) is 36.5 Å². The zero-order valence-corrected chi connectivity index (χ0v) is 10.2. The largest absolute Gasteiger partial charge is 0.360 e. The zero-order valence-electron chi connectivity index (χ0n) is 10.2. The number of nitrogens with zero attached hydrogens (tertiary/aromatic N) is 3. The molecule has 0 saturated heterocycles. The van der Waals surface area contributed by atoms with Gasteiger partial charge in [-0.15, -0.1) is 0 Å². The summed E-state index contributed by atoms with van der Waals surface area (Å²) in [6.07, 6.45) is 5.44. The summed E-state index contributed by atoms with van der Waals surface area (Å²) in [4.78, 5) is 0. The zero-order chi connectivity index (χ0) is 12.1. The van der Waals surface area contributed by atoms with E-state index in [9.17, 15) is 0 Å². The van der Waals surface area contributed by atoms with Crippen molar-refractivity contribution in [2.75, 3.05) is 0 Å². The van der Waals surface area contributed by atoms with Gasteiger partial charge in [0.05, 0.1) is 19.3 Å². The Bertz CT molecular complexity index is 408. The molecule has 1 N–H and O–H groups in total. The van der Waals surface area contributed by atoms with E-state index in [0.29, 0.717) is 18.5 Å². The Labute approximate surface area is 101 Å². The summed E-state index contributed by atoms with van der Waals surface area (Å²) >= 11 is 0. The van der Waals surface area contributed by atoms with Gasteiger partial charge in [0, 0.05) is 24.5 Å². The number of rotatable bonds is 6. The van der Waals surface area contributed by atoms with Crippen molar-refractivity contribution in [1.29, 1.82) is 0 Å². The number of hydrogen-bond donors (Lipinski definition) is 1. The van der Waals surface area contributed by atoms with Gasteiger partial charge in [-0.3, -0.25) is 4.68 Å². The Morgan fingerprint density at radius 1 is 1.41 bits per heavy atom. The van der Waals surface area contributed by atoms with E-state index in [4.69, 9.17) is 4.52 Å². The van der Waals surface area contributed by atoms with Crippen LogP contribution in [0.3, 0.4) is 0 Å². The van der Waals surface area contributed by atoms with Crippen molar-refractivity contribution in [3.63, 3.8) is 0 Å². The maximum Gasteiger partial charge on any atom is 0.150 e. The second-order valence-corrected chi connectivity index (χ2v) is 4.44. The molecule has 2 rings (SSSR count). The maximum atomic E-state index is 5.06. The van der Waals surface area contributed by atoms with Gasteiger partial charge in [-0.05, 0) is 12.0 Å². The first-order chi connectivity index (χ1) is 8.25. The van der Waals surface area contributed by atoms with Crippen LogP contribution in [-0.4, -0.2) is 21.0 Å². The smallest absolute Gasteiger partial charge is 0.150 e. The molecule has 0 fully saturated rings. The van der Waals surface area contributed by atoms with Gasteiger partial charge in [-0.25, -0.2) is 0 Å². The van der Waals surface area contributed by atoms with Crippen molar-refractivity contribution in [3.8, 4) is 0 Å². The predicted molar refractivity (Wildman–Crippen MR) is 64.2 cm³/mol. The van der Waals surface area contributed by atoms with Gasteiger partial charge in [-0.1, -0.05) is 19.0 Å². The van der Waals surface area contributed by atoms with Crippen LogP contribution in [0.15, 0.2) is 35.2 Å². The average Bonchev–Trinajstić information content (AvgIpc) is 2.97. The lowest BCUT2D eigenvalue weighted by Gasteiger charge is -2.21. The van der Waals surface area contributed by atoms with Crippen LogP contribution in [0.25, 0.3) is 0 Å². The first-order valence-electron chi connectivity index (χ1n) is 5.86. The third kappa shape index (κ3) is 3.42. The van der Waals surface area contributed by atoms with Crippen LogP contribution < -0.4 is 5.32 Å². The van der Waals surface area contributed by atoms with Crippen molar-refractivity contribution >= 4 is 0 Å². The molecular weight excluding hydrogens is 216 g/mol. The summed E-state index contributed by atoms with van der Waals surface area (Å²) in [5.41, 5.74) is 0. The van der Waals surface area contributed by atoms with E-state index in [-0.39, 0.29) is 0 Å². The van der Waals surface area contributed by atoms with Crippen molar-refractivity contribution in [1.82, 2.24) is 20.3 Å². The fourth-order valence-corrected chi connectivity index (χ4v) is 1.69. The molecule has 2 aromatic rings. The molecule has 0 bridgehead atoms. The highest BCUT2D eigenvalue weighted by Gasteiger charge is 2.14. The summed E-state index contributed by atoms with van der Waals surface area (Å²) in [6.45, 7) is 5.95. The summed E-state index contributed by atoms with van der Waals surface area (Å²) in [5.74, 6) is 1.39. The van der Waals surface area contributed by atoms with Gasteiger partial charge >= 0.3 is 0 Å². The number of hydrogen-bond acceptors (Lipinski definition) is 4. The Morgan fingerprint density at radius 3 is 2.88 bits per heavy atom. The fraction of sp³-hybridized carbons (Fsp3) is 0.500. The predicted octanol–water partition coefficient (Wildman–Crippen LogP) is 1.69. The molecule has 0 aliphatic rings. The molecule has 2 aromatic heterocycles. The van der Waals surface area contributed by atoms with Crippen LogP contribution in [0.4, 0.5) is 0 Å². The monoisotopic (exact) mass is 234 g/mol. The lowest BCUT2D eigenvalue weighted by molar-refractivity contribution is 0.312. The third-order valence-electron chi connectivity index (χ3n) is 2.78. The molecule has 5 nitrogen and oxygen atoms in total. The minimum absolute atomic E-state index is 0.361. The number of aromatic nitrogens is 3. The van der Waals surface area contributed by atoms with Crippen LogP contribution in [0.5, 0.6) is 0 Å². The van der Waals surface area contributed by atoms with Crippen LogP contribution >= 0.6 is 0 Å². The van der Waals surface area contributed by atoms with Gasteiger partial charge in [0.25, 0.3) is 0 Å². The molecule has 92 valence electrons. The SMILES string of the molecule is CC(C)C(Cn1cccn1)NCc1ccno1. The van der Waals surface area contributed by atoms with Gasteiger partial charge < -0.3 is 9.84 Å². The minimum atomic E-state index is 0.361. The quantitative estimate of drug-likeness (QED) is 0.826. The molecule has 0 saturated carbocycles. The van der Waals surface area contributed by atoms with E-state index in [1.165, 1.54) is 0 Å². The first-order valence-corrected chi connectivity index (χ1v) is 5.86. The normalized spacial score (nSPS) is 13.1. The van der Waals surface area contributed by atoms with Crippen molar-refractivity contribution in [2.45, 2.75) is 33.0 Å².